The van der Waals surface area contributed by atoms with Crippen LogP contribution in [0, 0.1) is 5.92 Å². The molecule has 0 bridgehead atoms. The monoisotopic (exact) mass is 324 g/mol. The Kier molecular flexibility index (Phi) is 6.29. The molecule has 0 radical (unpaired) electrons. The van der Waals surface area contributed by atoms with Gasteiger partial charge in [-0.25, -0.2) is 0 Å². The fourth-order valence-corrected chi connectivity index (χ4v) is 2.02. The largest absolute Gasteiger partial charge is 0.573 e. The fraction of sp³-hybridized carbons (Fsp3) is 0.462. The summed E-state index contributed by atoms with van der Waals surface area (Å²) in [4.78, 5) is 11.7. The van der Waals surface area contributed by atoms with E-state index in [1.54, 1.807) is 0 Å². The van der Waals surface area contributed by atoms with E-state index < -0.39 is 6.36 Å². The van der Waals surface area contributed by atoms with E-state index in [9.17, 15) is 18.0 Å². The number of hydrogen-bond donors (Lipinski definition) is 2. The molecule has 0 saturated carbocycles. The predicted molar refractivity (Wildman–Crippen MR) is 73.2 cm³/mol. The van der Waals surface area contributed by atoms with Crippen molar-refractivity contribution < 1.29 is 22.7 Å². The van der Waals surface area contributed by atoms with Crippen LogP contribution < -0.4 is 15.4 Å². The number of hydrogen-bond acceptors (Lipinski definition) is 3. The number of rotatable bonds is 4. The van der Waals surface area contributed by atoms with Crippen LogP contribution in [0.15, 0.2) is 24.3 Å². The molecule has 1 aromatic rings. The summed E-state index contributed by atoms with van der Waals surface area (Å²) in [6.45, 7) is 1.80. The number of nitrogens with one attached hydrogen (secondary N) is 2. The Balaban J connectivity index is 0.00000220. The van der Waals surface area contributed by atoms with Crippen LogP contribution in [0.3, 0.4) is 0 Å². The van der Waals surface area contributed by atoms with E-state index in [-0.39, 0.29) is 30.0 Å². The summed E-state index contributed by atoms with van der Waals surface area (Å²) < 4.78 is 39.7. The first kappa shape index (κ1) is 17.6. The van der Waals surface area contributed by atoms with Gasteiger partial charge in [0.25, 0.3) is 0 Å². The van der Waals surface area contributed by atoms with Crippen molar-refractivity contribution in [2.45, 2.75) is 19.3 Å². The van der Waals surface area contributed by atoms with E-state index in [4.69, 9.17) is 0 Å². The van der Waals surface area contributed by atoms with Crippen molar-refractivity contribution in [3.63, 3.8) is 0 Å². The number of carbonyl (C=O) groups is 1. The lowest BCUT2D eigenvalue weighted by Crippen LogP contribution is -2.31. The molecular formula is C13H16ClF3N2O2. The smallest absolute Gasteiger partial charge is 0.406 e. The SMILES string of the molecule is Cl.O=C(NCc1ccc(OC(F)(F)F)cc1)C1CCNC1. The lowest BCUT2D eigenvalue weighted by atomic mass is 10.1. The van der Waals surface area contributed by atoms with Crippen molar-refractivity contribution in [2.24, 2.45) is 5.92 Å². The number of benzene rings is 1. The summed E-state index contributed by atoms with van der Waals surface area (Å²) in [5.41, 5.74) is 0.721. The van der Waals surface area contributed by atoms with Crippen LogP contribution in [0.2, 0.25) is 0 Å². The van der Waals surface area contributed by atoms with Crippen LogP contribution in [-0.4, -0.2) is 25.4 Å². The zero-order valence-corrected chi connectivity index (χ0v) is 11.9. The van der Waals surface area contributed by atoms with E-state index in [1.165, 1.54) is 24.3 Å². The minimum absolute atomic E-state index is 0. The molecule has 0 aliphatic carbocycles. The molecule has 1 aliphatic rings. The summed E-state index contributed by atoms with van der Waals surface area (Å²) in [7, 11) is 0. The second kappa shape index (κ2) is 7.51. The molecule has 2 rings (SSSR count). The van der Waals surface area contributed by atoms with Crippen molar-refractivity contribution in [2.75, 3.05) is 13.1 Å². The molecule has 1 unspecified atom stereocenters. The molecule has 2 N–H and O–H groups in total. The normalized spacial score (nSPS) is 18.0. The van der Waals surface area contributed by atoms with E-state index in [2.05, 4.69) is 15.4 Å². The van der Waals surface area contributed by atoms with Gasteiger partial charge in [0.05, 0.1) is 5.92 Å². The van der Waals surface area contributed by atoms with Crippen molar-refractivity contribution in [1.29, 1.82) is 0 Å². The maximum Gasteiger partial charge on any atom is 0.573 e. The second-order valence-corrected chi connectivity index (χ2v) is 4.60. The molecule has 1 atom stereocenters. The molecule has 1 aromatic carbocycles. The second-order valence-electron chi connectivity index (χ2n) is 4.60. The van der Waals surface area contributed by atoms with Crippen LogP contribution in [0.25, 0.3) is 0 Å². The fourth-order valence-electron chi connectivity index (χ4n) is 2.02. The zero-order chi connectivity index (χ0) is 14.6. The van der Waals surface area contributed by atoms with Gasteiger partial charge in [-0.3, -0.25) is 4.79 Å². The van der Waals surface area contributed by atoms with Crippen LogP contribution in [-0.2, 0) is 11.3 Å². The lowest BCUT2D eigenvalue weighted by molar-refractivity contribution is -0.274. The molecule has 4 nitrogen and oxygen atoms in total. The molecule has 1 fully saturated rings. The molecule has 8 heteroatoms. The van der Waals surface area contributed by atoms with Gasteiger partial charge in [-0.2, -0.15) is 0 Å². The van der Waals surface area contributed by atoms with Crippen LogP contribution in [0.4, 0.5) is 13.2 Å². The molecule has 0 spiro atoms. The van der Waals surface area contributed by atoms with Gasteiger partial charge in [0.1, 0.15) is 5.75 Å². The standard InChI is InChI=1S/C13H15F3N2O2.ClH/c14-13(15,16)20-11-3-1-9(2-4-11)7-18-12(19)10-5-6-17-8-10;/h1-4,10,17H,5-8H2,(H,18,19);1H. The molecular weight excluding hydrogens is 309 g/mol. The Labute approximate surface area is 126 Å². The van der Waals surface area contributed by atoms with Gasteiger partial charge in [0, 0.05) is 13.1 Å². The maximum atomic E-state index is 12.0. The molecule has 1 aliphatic heterocycles. The van der Waals surface area contributed by atoms with Crippen molar-refractivity contribution in [1.82, 2.24) is 10.6 Å². The van der Waals surface area contributed by atoms with Crippen molar-refractivity contribution in [3.8, 4) is 5.75 Å². The first-order chi connectivity index (χ1) is 9.44. The summed E-state index contributed by atoms with van der Waals surface area (Å²) in [6.07, 6.45) is -3.88. The predicted octanol–water partition coefficient (Wildman–Crippen LogP) is 2.23. The Hall–Kier alpha value is -1.47. The van der Waals surface area contributed by atoms with E-state index in [0.717, 1.165) is 18.5 Å². The number of alkyl halides is 3. The Bertz CT molecular complexity index is 459. The summed E-state index contributed by atoms with van der Waals surface area (Å²) in [6, 6.07) is 5.45. The van der Waals surface area contributed by atoms with Crippen molar-refractivity contribution >= 4 is 18.3 Å². The third-order valence-corrected chi connectivity index (χ3v) is 3.05. The average Bonchev–Trinajstić information content (AvgIpc) is 2.89. The Morgan fingerprint density at radius 1 is 1.33 bits per heavy atom. The summed E-state index contributed by atoms with van der Waals surface area (Å²) in [5.74, 6) is -0.332. The first-order valence-electron chi connectivity index (χ1n) is 6.27. The average molecular weight is 325 g/mol. The molecule has 1 heterocycles. The zero-order valence-electron chi connectivity index (χ0n) is 11.1. The van der Waals surface area contributed by atoms with Crippen LogP contribution >= 0.6 is 12.4 Å². The summed E-state index contributed by atoms with van der Waals surface area (Å²) in [5, 5.41) is 5.86. The third kappa shape index (κ3) is 5.81. The molecule has 0 aromatic heterocycles. The highest BCUT2D eigenvalue weighted by molar-refractivity contribution is 5.85. The van der Waals surface area contributed by atoms with Gasteiger partial charge in [-0.1, -0.05) is 12.1 Å². The minimum atomic E-state index is -4.69. The highest BCUT2D eigenvalue weighted by Crippen LogP contribution is 2.22. The Morgan fingerprint density at radius 3 is 2.52 bits per heavy atom. The van der Waals surface area contributed by atoms with E-state index in [0.29, 0.717) is 13.1 Å². The molecule has 1 amide bonds. The van der Waals surface area contributed by atoms with Crippen LogP contribution in [0.1, 0.15) is 12.0 Å². The topological polar surface area (TPSA) is 50.4 Å². The number of carbonyl (C=O) groups excluding carboxylic acids is 1. The van der Waals surface area contributed by atoms with Gasteiger partial charge >= 0.3 is 6.36 Å². The third-order valence-electron chi connectivity index (χ3n) is 3.05. The highest BCUT2D eigenvalue weighted by Gasteiger charge is 2.31. The minimum Gasteiger partial charge on any atom is -0.406 e. The lowest BCUT2D eigenvalue weighted by Gasteiger charge is -2.11. The highest BCUT2D eigenvalue weighted by atomic mass is 35.5. The quantitative estimate of drug-likeness (QED) is 0.893. The van der Waals surface area contributed by atoms with Gasteiger partial charge in [0.15, 0.2) is 0 Å². The first-order valence-corrected chi connectivity index (χ1v) is 6.27. The molecule has 21 heavy (non-hydrogen) atoms. The summed E-state index contributed by atoms with van der Waals surface area (Å²) >= 11 is 0. The van der Waals surface area contributed by atoms with Gasteiger partial charge in [-0.15, -0.1) is 25.6 Å². The van der Waals surface area contributed by atoms with Crippen molar-refractivity contribution in [3.05, 3.63) is 29.8 Å². The van der Waals surface area contributed by atoms with E-state index >= 15 is 0 Å². The molecule has 1 saturated heterocycles. The van der Waals surface area contributed by atoms with E-state index in [1.807, 2.05) is 0 Å². The van der Waals surface area contributed by atoms with Crippen LogP contribution in [0.5, 0.6) is 5.75 Å². The van der Waals surface area contributed by atoms with Gasteiger partial charge < -0.3 is 15.4 Å². The number of ether oxygens (including phenoxy) is 1. The Morgan fingerprint density at radius 2 is 2.00 bits per heavy atom. The molecule has 118 valence electrons. The maximum absolute atomic E-state index is 12.0. The van der Waals surface area contributed by atoms with Gasteiger partial charge in [0.2, 0.25) is 5.91 Å². The van der Waals surface area contributed by atoms with Gasteiger partial charge in [-0.05, 0) is 30.7 Å². The number of halogens is 4. The number of amides is 1.